The van der Waals surface area contributed by atoms with Gasteiger partial charge in [-0.2, -0.15) is 0 Å². The molecule has 12 heteroatoms. The van der Waals surface area contributed by atoms with E-state index < -0.39 is 46.1 Å². The molecule has 0 radical (unpaired) electrons. The van der Waals surface area contributed by atoms with Gasteiger partial charge in [0.25, 0.3) is 15.9 Å². The van der Waals surface area contributed by atoms with Crippen LogP contribution in [0.2, 0.25) is 0 Å². The second kappa shape index (κ2) is 12.3. The first kappa shape index (κ1) is 29.2. The number of hydrogen-bond acceptors (Lipinski definition) is 7. The predicted molar refractivity (Wildman–Crippen MR) is 149 cm³/mol. The van der Waals surface area contributed by atoms with Gasteiger partial charge in [0.1, 0.15) is 29.0 Å². The highest BCUT2D eigenvalue weighted by molar-refractivity contribution is 7.90. The molecule has 2 atom stereocenters. The van der Waals surface area contributed by atoms with Crippen molar-refractivity contribution in [1.29, 1.82) is 0 Å². The second-order valence-electron chi connectivity index (χ2n) is 9.99. The van der Waals surface area contributed by atoms with Crippen molar-refractivity contribution in [3.05, 3.63) is 95.3 Å². The van der Waals surface area contributed by atoms with Gasteiger partial charge in [-0.3, -0.25) is 14.4 Å². The topological polar surface area (TPSA) is 122 Å². The SMILES string of the molecule is COc1ccc(CN(C(=O)CN2C(=O)c3ccccc3S2(=O)=O)[C@H](C(=O)NC[C@H]2CCCO2)c2ccccc2F)cc1. The van der Waals surface area contributed by atoms with Gasteiger partial charge >= 0.3 is 0 Å². The first-order chi connectivity index (χ1) is 20.2. The molecule has 1 N–H and O–H groups in total. The van der Waals surface area contributed by atoms with Crippen LogP contribution in [0.25, 0.3) is 0 Å². The zero-order chi connectivity index (χ0) is 29.9. The van der Waals surface area contributed by atoms with Crippen molar-refractivity contribution in [3.63, 3.8) is 0 Å². The van der Waals surface area contributed by atoms with E-state index >= 15 is 4.39 Å². The minimum atomic E-state index is -4.32. The minimum Gasteiger partial charge on any atom is -0.497 e. The van der Waals surface area contributed by atoms with Gasteiger partial charge in [0.15, 0.2) is 0 Å². The third-order valence-corrected chi connectivity index (χ3v) is 9.10. The molecule has 10 nitrogen and oxygen atoms in total. The normalized spacial score (nSPS) is 17.9. The van der Waals surface area contributed by atoms with E-state index in [-0.39, 0.29) is 35.2 Å². The predicted octanol–water partition coefficient (Wildman–Crippen LogP) is 3.04. The number of carbonyl (C=O) groups is 3. The second-order valence-corrected chi connectivity index (χ2v) is 11.8. The van der Waals surface area contributed by atoms with Crippen LogP contribution in [0, 0.1) is 5.82 Å². The Labute approximate surface area is 243 Å². The number of halogens is 1. The van der Waals surface area contributed by atoms with Crippen LogP contribution in [0.5, 0.6) is 5.75 Å². The third-order valence-electron chi connectivity index (χ3n) is 7.31. The fourth-order valence-corrected chi connectivity index (χ4v) is 6.63. The van der Waals surface area contributed by atoms with Crippen LogP contribution in [0.15, 0.2) is 77.7 Å². The quantitative estimate of drug-likeness (QED) is 0.382. The van der Waals surface area contributed by atoms with E-state index in [0.29, 0.717) is 22.2 Å². The van der Waals surface area contributed by atoms with E-state index in [4.69, 9.17) is 9.47 Å². The van der Waals surface area contributed by atoms with Gasteiger partial charge in [-0.15, -0.1) is 0 Å². The van der Waals surface area contributed by atoms with Gasteiger partial charge in [0.2, 0.25) is 11.8 Å². The van der Waals surface area contributed by atoms with Crippen LogP contribution >= 0.6 is 0 Å². The maximum absolute atomic E-state index is 15.3. The highest BCUT2D eigenvalue weighted by atomic mass is 32.2. The summed E-state index contributed by atoms with van der Waals surface area (Å²) in [5.74, 6) is -2.55. The van der Waals surface area contributed by atoms with Gasteiger partial charge < -0.3 is 19.7 Å². The lowest BCUT2D eigenvalue weighted by atomic mass is 10.0. The van der Waals surface area contributed by atoms with Gasteiger partial charge in [0, 0.05) is 25.3 Å². The third kappa shape index (κ3) is 5.86. The zero-order valence-electron chi connectivity index (χ0n) is 22.9. The molecule has 2 heterocycles. The van der Waals surface area contributed by atoms with E-state index in [0.717, 1.165) is 17.7 Å². The number of benzene rings is 3. The van der Waals surface area contributed by atoms with E-state index in [1.807, 2.05) is 0 Å². The van der Waals surface area contributed by atoms with Gasteiger partial charge in [-0.05, 0) is 48.7 Å². The first-order valence-corrected chi connectivity index (χ1v) is 14.9. The summed E-state index contributed by atoms with van der Waals surface area (Å²) in [4.78, 5) is 41.7. The molecule has 0 aromatic heterocycles. The monoisotopic (exact) mass is 595 g/mol. The molecule has 3 amide bonds. The molecule has 220 valence electrons. The highest BCUT2D eigenvalue weighted by Gasteiger charge is 2.44. The number of nitrogens with zero attached hydrogens (tertiary/aromatic N) is 2. The Morgan fingerprint density at radius 3 is 2.48 bits per heavy atom. The molecule has 0 saturated carbocycles. The molecule has 1 saturated heterocycles. The Morgan fingerprint density at radius 1 is 1.10 bits per heavy atom. The van der Waals surface area contributed by atoms with Crippen molar-refractivity contribution in [2.45, 2.75) is 36.4 Å². The van der Waals surface area contributed by atoms with E-state index in [1.54, 1.807) is 30.3 Å². The lowest BCUT2D eigenvalue weighted by Crippen LogP contribution is -2.49. The molecule has 0 aliphatic carbocycles. The van der Waals surface area contributed by atoms with Crippen LogP contribution in [-0.4, -0.2) is 68.3 Å². The molecule has 3 aromatic carbocycles. The number of amides is 3. The van der Waals surface area contributed by atoms with E-state index in [2.05, 4.69) is 5.32 Å². The van der Waals surface area contributed by atoms with Crippen LogP contribution < -0.4 is 10.1 Å². The number of carbonyl (C=O) groups excluding carboxylic acids is 3. The standard InChI is InChI=1S/C30H30FN3O7S/c1-40-21-14-12-20(13-15-21)18-33(27(35)19-34-30(37)24-9-3-5-11-26(24)42(34,38)39)28(23-8-2-4-10-25(23)31)29(36)32-17-22-7-6-16-41-22/h2-5,8-15,22,28H,6-7,16-19H2,1H3,(H,32,36)/t22-,28+/m1/s1. The number of fused-ring (bicyclic) bond motifs is 1. The summed E-state index contributed by atoms with van der Waals surface area (Å²) in [5.41, 5.74) is 0.436. The van der Waals surface area contributed by atoms with Gasteiger partial charge in [-0.25, -0.2) is 17.1 Å². The summed E-state index contributed by atoms with van der Waals surface area (Å²) in [6.45, 7) is -0.344. The molecule has 1 fully saturated rings. The van der Waals surface area contributed by atoms with Crippen LogP contribution in [-0.2, 0) is 30.9 Å². The van der Waals surface area contributed by atoms with Gasteiger partial charge in [-0.1, -0.05) is 42.5 Å². The van der Waals surface area contributed by atoms with Crippen molar-refractivity contribution in [3.8, 4) is 5.75 Å². The molecule has 0 bridgehead atoms. The number of hydrogen-bond donors (Lipinski definition) is 1. The minimum absolute atomic E-state index is 0.0491. The molecule has 5 rings (SSSR count). The Kier molecular flexibility index (Phi) is 8.55. The summed E-state index contributed by atoms with van der Waals surface area (Å²) in [7, 11) is -2.81. The summed E-state index contributed by atoms with van der Waals surface area (Å²) in [6.07, 6.45) is 1.38. The molecular formula is C30H30FN3O7S. The van der Waals surface area contributed by atoms with Crippen molar-refractivity contribution in [2.75, 3.05) is 26.8 Å². The summed E-state index contributed by atoms with van der Waals surface area (Å²) >= 11 is 0. The lowest BCUT2D eigenvalue weighted by Gasteiger charge is -2.33. The molecule has 2 aliphatic rings. The number of sulfonamides is 1. The fourth-order valence-electron chi connectivity index (χ4n) is 5.12. The maximum Gasteiger partial charge on any atom is 0.269 e. The summed E-state index contributed by atoms with van der Waals surface area (Å²) < 4.78 is 53.0. The highest BCUT2D eigenvalue weighted by Crippen LogP contribution is 2.32. The molecule has 2 aliphatic heterocycles. The Bertz CT molecular complexity index is 1590. The largest absolute Gasteiger partial charge is 0.497 e. The lowest BCUT2D eigenvalue weighted by molar-refractivity contribution is -0.141. The zero-order valence-corrected chi connectivity index (χ0v) is 23.7. The van der Waals surface area contributed by atoms with Crippen LogP contribution in [0.1, 0.15) is 40.4 Å². The summed E-state index contributed by atoms with van der Waals surface area (Å²) in [6, 6.07) is 16.5. The molecule has 0 spiro atoms. The Balaban J connectivity index is 1.52. The van der Waals surface area contributed by atoms with Crippen molar-refractivity contribution in [2.24, 2.45) is 0 Å². The number of rotatable bonds is 10. The van der Waals surface area contributed by atoms with E-state index in [1.165, 1.54) is 49.6 Å². The first-order valence-electron chi connectivity index (χ1n) is 13.4. The number of methoxy groups -OCH3 is 1. The molecular weight excluding hydrogens is 565 g/mol. The van der Waals surface area contributed by atoms with Crippen molar-refractivity contribution >= 4 is 27.7 Å². The number of nitrogens with one attached hydrogen (secondary N) is 1. The Morgan fingerprint density at radius 2 is 1.81 bits per heavy atom. The average Bonchev–Trinajstić information content (AvgIpc) is 3.58. The number of ether oxygens (including phenoxy) is 2. The smallest absolute Gasteiger partial charge is 0.269 e. The van der Waals surface area contributed by atoms with Crippen molar-refractivity contribution < 1.29 is 36.7 Å². The summed E-state index contributed by atoms with van der Waals surface area (Å²) in [5, 5.41) is 2.78. The molecule has 3 aromatic rings. The maximum atomic E-state index is 15.3. The van der Waals surface area contributed by atoms with E-state index in [9.17, 15) is 22.8 Å². The van der Waals surface area contributed by atoms with Crippen LogP contribution in [0.3, 0.4) is 0 Å². The molecule has 42 heavy (non-hydrogen) atoms. The fraction of sp³-hybridized carbons (Fsp3) is 0.300. The molecule has 0 unspecified atom stereocenters. The van der Waals surface area contributed by atoms with Gasteiger partial charge in [0.05, 0.1) is 18.8 Å². The van der Waals surface area contributed by atoms with Crippen LogP contribution in [0.4, 0.5) is 4.39 Å². The Hall–Kier alpha value is -4.29. The average molecular weight is 596 g/mol. The van der Waals surface area contributed by atoms with Crippen molar-refractivity contribution in [1.82, 2.24) is 14.5 Å².